The second-order valence-corrected chi connectivity index (χ2v) is 6.04. The Morgan fingerprint density at radius 1 is 1.08 bits per heavy atom. The molecule has 4 aromatic rings. The van der Waals surface area contributed by atoms with Crippen LogP contribution in [0.4, 0.5) is 13.2 Å². The van der Waals surface area contributed by atoms with Crippen LogP contribution < -0.4 is 5.56 Å². The molecule has 9 heteroatoms. The zero-order valence-electron chi connectivity index (χ0n) is 13.7. The Morgan fingerprint density at radius 2 is 1.77 bits per heavy atom. The maximum absolute atomic E-state index is 12.8. The summed E-state index contributed by atoms with van der Waals surface area (Å²) in [5.41, 5.74) is 2.47. The molecule has 0 amide bonds. The first-order valence-corrected chi connectivity index (χ1v) is 7.67. The zero-order chi connectivity index (χ0) is 18.6. The van der Waals surface area contributed by atoms with Gasteiger partial charge in [0.15, 0.2) is 0 Å². The van der Waals surface area contributed by atoms with Crippen molar-refractivity contribution in [3.63, 3.8) is 0 Å². The van der Waals surface area contributed by atoms with E-state index in [4.69, 9.17) is 0 Å². The SMILES string of the molecule is Cc1cc(C)cc(-n2ccc3c(cnc4nc(C(F)(F)F)nn43)c2=O)c1. The average molecular weight is 359 g/mol. The van der Waals surface area contributed by atoms with Gasteiger partial charge in [-0.3, -0.25) is 9.36 Å². The third-order valence-electron chi connectivity index (χ3n) is 3.97. The summed E-state index contributed by atoms with van der Waals surface area (Å²) in [4.78, 5) is 20.1. The number of fused-ring (bicyclic) bond motifs is 3. The first kappa shape index (κ1) is 16.2. The number of benzene rings is 1. The van der Waals surface area contributed by atoms with Crippen molar-refractivity contribution >= 4 is 16.7 Å². The van der Waals surface area contributed by atoms with Gasteiger partial charge in [-0.25, -0.2) is 4.98 Å². The maximum atomic E-state index is 12.8. The minimum atomic E-state index is -4.69. The molecular weight excluding hydrogens is 347 g/mol. The van der Waals surface area contributed by atoms with Crippen LogP contribution in [0.1, 0.15) is 17.0 Å². The Bertz CT molecular complexity index is 1200. The van der Waals surface area contributed by atoms with Gasteiger partial charge in [-0.2, -0.15) is 22.7 Å². The van der Waals surface area contributed by atoms with E-state index in [9.17, 15) is 18.0 Å². The highest BCUT2D eigenvalue weighted by Crippen LogP contribution is 2.26. The average Bonchev–Trinajstić information content (AvgIpc) is 2.99. The molecule has 3 aromatic heterocycles. The van der Waals surface area contributed by atoms with Gasteiger partial charge in [0, 0.05) is 18.1 Å². The summed E-state index contributed by atoms with van der Waals surface area (Å²) in [7, 11) is 0. The van der Waals surface area contributed by atoms with Crippen molar-refractivity contribution in [3.8, 4) is 5.69 Å². The number of pyridine rings is 1. The molecule has 0 radical (unpaired) electrons. The summed E-state index contributed by atoms with van der Waals surface area (Å²) < 4.78 is 40.9. The molecule has 0 aliphatic rings. The molecule has 4 rings (SSSR count). The summed E-state index contributed by atoms with van der Waals surface area (Å²) in [6, 6.07) is 7.21. The lowest BCUT2D eigenvalue weighted by Gasteiger charge is -2.09. The number of nitrogens with zero attached hydrogens (tertiary/aromatic N) is 5. The Balaban J connectivity index is 1.99. The molecule has 0 aliphatic heterocycles. The number of aryl methyl sites for hydroxylation is 2. The fourth-order valence-corrected chi connectivity index (χ4v) is 2.93. The molecule has 0 saturated heterocycles. The minimum Gasteiger partial charge on any atom is -0.284 e. The predicted molar refractivity (Wildman–Crippen MR) is 88.4 cm³/mol. The van der Waals surface area contributed by atoms with E-state index in [2.05, 4.69) is 15.1 Å². The molecule has 0 spiro atoms. The second kappa shape index (κ2) is 5.38. The molecule has 0 fully saturated rings. The highest BCUT2D eigenvalue weighted by molar-refractivity contribution is 5.79. The topological polar surface area (TPSA) is 65.1 Å². The fourth-order valence-electron chi connectivity index (χ4n) is 2.93. The first-order valence-electron chi connectivity index (χ1n) is 7.67. The van der Waals surface area contributed by atoms with Gasteiger partial charge in [-0.1, -0.05) is 6.07 Å². The molecular formula is C17H12F3N5O. The van der Waals surface area contributed by atoms with E-state index in [-0.39, 0.29) is 16.7 Å². The Hall–Kier alpha value is -3.23. The van der Waals surface area contributed by atoms with Crippen LogP contribution in [0, 0.1) is 13.8 Å². The van der Waals surface area contributed by atoms with Crippen LogP contribution in [-0.4, -0.2) is 24.1 Å². The maximum Gasteiger partial charge on any atom is 0.453 e. The Morgan fingerprint density at radius 3 is 2.42 bits per heavy atom. The van der Waals surface area contributed by atoms with Crippen LogP contribution in [0.3, 0.4) is 0 Å². The van der Waals surface area contributed by atoms with E-state index in [1.807, 2.05) is 32.0 Å². The van der Waals surface area contributed by atoms with Crippen molar-refractivity contribution in [2.75, 3.05) is 0 Å². The standard InChI is InChI=1S/C17H12F3N5O/c1-9-5-10(2)7-11(6-9)24-4-3-13-12(14(24)26)8-21-16-22-15(17(18,19)20)23-25(13)16/h3-8H,1-2H3. The smallest absolute Gasteiger partial charge is 0.284 e. The third-order valence-corrected chi connectivity index (χ3v) is 3.97. The van der Waals surface area contributed by atoms with Crippen molar-refractivity contribution in [1.29, 1.82) is 0 Å². The number of alkyl halides is 3. The Kier molecular flexibility index (Phi) is 3.36. The van der Waals surface area contributed by atoms with Gasteiger partial charge in [-0.15, -0.1) is 5.10 Å². The van der Waals surface area contributed by atoms with Gasteiger partial charge in [0.25, 0.3) is 17.2 Å². The highest BCUT2D eigenvalue weighted by atomic mass is 19.4. The lowest BCUT2D eigenvalue weighted by molar-refractivity contribution is -0.144. The van der Waals surface area contributed by atoms with Crippen molar-refractivity contribution in [1.82, 2.24) is 24.1 Å². The van der Waals surface area contributed by atoms with Crippen LogP contribution in [-0.2, 0) is 6.18 Å². The van der Waals surface area contributed by atoms with Crippen molar-refractivity contribution in [3.05, 3.63) is 64.0 Å². The van der Waals surface area contributed by atoms with Crippen molar-refractivity contribution in [2.24, 2.45) is 0 Å². The van der Waals surface area contributed by atoms with E-state index in [1.54, 1.807) is 0 Å². The number of halogens is 3. The molecule has 0 saturated carbocycles. The van der Waals surface area contributed by atoms with Gasteiger partial charge in [0.05, 0.1) is 10.9 Å². The van der Waals surface area contributed by atoms with Gasteiger partial charge in [-0.05, 0) is 43.2 Å². The van der Waals surface area contributed by atoms with Gasteiger partial charge >= 0.3 is 6.18 Å². The number of hydrogen-bond donors (Lipinski definition) is 0. The summed E-state index contributed by atoms with van der Waals surface area (Å²) in [6.45, 7) is 3.84. The first-order chi connectivity index (χ1) is 12.2. The number of aromatic nitrogens is 5. The molecule has 0 unspecified atom stereocenters. The van der Waals surface area contributed by atoms with E-state index in [1.165, 1.54) is 23.0 Å². The van der Waals surface area contributed by atoms with E-state index in [0.717, 1.165) is 15.6 Å². The lowest BCUT2D eigenvalue weighted by atomic mass is 10.1. The van der Waals surface area contributed by atoms with Crippen molar-refractivity contribution < 1.29 is 13.2 Å². The van der Waals surface area contributed by atoms with Gasteiger partial charge in [0.1, 0.15) is 0 Å². The molecule has 132 valence electrons. The molecule has 0 aliphatic carbocycles. The lowest BCUT2D eigenvalue weighted by Crippen LogP contribution is -2.19. The molecule has 0 atom stereocenters. The Labute approximate surface area is 144 Å². The van der Waals surface area contributed by atoms with Crippen LogP contribution in [0.25, 0.3) is 22.4 Å². The monoisotopic (exact) mass is 359 g/mol. The van der Waals surface area contributed by atoms with Crippen LogP contribution in [0.5, 0.6) is 0 Å². The van der Waals surface area contributed by atoms with Crippen LogP contribution in [0.2, 0.25) is 0 Å². The molecule has 26 heavy (non-hydrogen) atoms. The van der Waals surface area contributed by atoms with E-state index >= 15 is 0 Å². The second-order valence-electron chi connectivity index (χ2n) is 6.04. The number of rotatable bonds is 1. The molecule has 0 N–H and O–H groups in total. The van der Waals surface area contributed by atoms with Crippen LogP contribution in [0.15, 0.2) is 41.5 Å². The quantitative estimate of drug-likeness (QED) is 0.524. The summed E-state index contributed by atoms with van der Waals surface area (Å²) in [5.74, 6) is -1.51. The normalized spacial score (nSPS) is 12.2. The zero-order valence-corrected chi connectivity index (χ0v) is 13.7. The van der Waals surface area contributed by atoms with E-state index in [0.29, 0.717) is 5.69 Å². The van der Waals surface area contributed by atoms with Gasteiger partial charge < -0.3 is 0 Å². The summed E-state index contributed by atoms with van der Waals surface area (Å²) >= 11 is 0. The number of hydrogen-bond acceptors (Lipinski definition) is 4. The van der Waals surface area contributed by atoms with Gasteiger partial charge in [0.2, 0.25) is 0 Å². The molecule has 0 bridgehead atoms. The van der Waals surface area contributed by atoms with E-state index < -0.39 is 17.6 Å². The molecule has 1 aromatic carbocycles. The predicted octanol–water partition coefficient (Wildman–Crippen LogP) is 3.06. The minimum absolute atomic E-state index is 0.151. The molecule has 3 heterocycles. The van der Waals surface area contributed by atoms with Crippen molar-refractivity contribution in [2.45, 2.75) is 20.0 Å². The largest absolute Gasteiger partial charge is 0.453 e. The third kappa shape index (κ3) is 2.52. The molecule has 6 nitrogen and oxygen atoms in total. The fraction of sp³-hybridized carbons (Fsp3) is 0.176. The summed E-state index contributed by atoms with van der Waals surface area (Å²) in [6.07, 6.45) is -1.96. The summed E-state index contributed by atoms with van der Waals surface area (Å²) in [5, 5.41) is 3.60. The highest BCUT2D eigenvalue weighted by Gasteiger charge is 2.36. The van der Waals surface area contributed by atoms with Crippen LogP contribution >= 0.6 is 0 Å².